The van der Waals surface area contributed by atoms with Crippen molar-refractivity contribution < 1.29 is 13.2 Å². The van der Waals surface area contributed by atoms with Gasteiger partial charge >= 0.3 is 0 Å². The van der Waals surface area contributed by atoms with Gasteiger partial charge in [-0.3, -0.25) is 0 Å². The highest BCUT2D eigenvalue weighted by Gasteiger charge is 2.14. The third-order valence-electron chi connectivity index (χ3n) is 2.29. The van der Waals surface area contributed by atoms with E-state index in [-0.39, 0.29) is 11.0 Å². The van der Waals surface area contributed by atoms with Crippen molar-refractivity contribution in [3.05, 3.63) is 18.2 Å². The van der Waals surface area contributed by atoms with Gasteiger partial charge in [0, 0.05) is 19.3 Å². The first-order chi connectivity index (χ1) is 7.84. The van der Waals surface area contributed by atoms with E-state index in [4.69, 9.17) is 15.6 Å². The number of nitrogens with two attached hydrogens (primary N) is 2. The molecule has 0 fully saturated rings. The maximum absolute atomic E-state index is 11.4. The highest BCUT2D eigenvalue weighted by molar-refractivity contribution is 7.89. The van der Waals surface area contributed by atoms with Crippen molar-refractivity contribution in [2.24, 2.45) is 5.14 Å². The Hall–Kier alpha value is -1.31. The second kappa shape index (κ2) is 5.35. The van der Waals surface area contributed by atoms with E-state index < -0.39 is 10.0 Å². The lowest BCUT2D eigenvalue weighted by Crippen LogP contribution is -2.21. The van der Waals surface area contributed by atoms with Crippen molar-refractivity contribution in [1.82, 2.24) is 0 Å². The summed E-state index contributed by atoms with van der Waals surface area (Å²) in [6.45, 7) is 2.34. The summed E-state index contributed by atoms with van der Waals surface area (Å²) in [6.07, 6.45) is -0.0409. The van der Waals surface area contributed by atoms with Gasteiger partial charge in [0.25, 0.3) is 0 Å². The summed E-state index contributed by atoms with van der Waals surface area (Å²) in [5.74, 6) is 0. The molecule has 7 heteroatoms. The molecular formula is C10H17N3O3S. The number of rotatable bonds is 5. The molecule has 0 bridgehead atoms. The van der Waals surface area contributed by atoms with Crippen LogP contribution in [0.15, 0.2) is 23.1 Å². The van der Waals surface area contributed by atoms with E-state index in [9.17, 15) is 8.42 Å². The van der Waals surface area contributed by atoms with Crippen LogP contribution in [-0.4, -0.2) is 28.2 Å². The fraction of sp³-hybridized carbons (Fsp3) is 0.400. The van der Waals surface area contributed by atoms with E-state index in [0.717, 1.165) is 0 Å². The number of hydrogen-bond donors (Lipinski definition) is 3. The number of sulfonamides is 1. The zero-order valence-electron chi connectivity index (χ0n) is 9.80. The molecule has 6 nitrogen and oxygen atoms in total. The molecule has 0 aliphatic heterocycles. The molecule has 0 amide bonds. The number of benzene rings is 1. The van der Waals surface area contributed by atoms with Gasteiger partial charge < -0.3 is 15.8 Å². The first-order valence-electron chi connectivity index (χ1n) is 5.03. The summed E-state index contributed by atoms with van der Waals surface area (Å²) < 4.78 is 27.8. The summed E-state index contributed by atoms with van der Waals surface area (Å²) in [6, 6.07) is 4.51. The number of ether oxygens (including phenoxy) is 1. The molecule has 0 aliphatic rings. The minimum absolute atomic E-state index is 0.0131. The molecule has 0 radical (unpaired) electrons. The van der Waals surface area contributed by atoms with Gasteiger partial charge in [0.1, 0.15) is 4.90 Å². The number of nitrogens with one attached hydrogen (secondary N) is 1. The van der Waals surface area contributed by atoms with E-state index in [2.05, 4.69) is 5.32 Å². The van der Waals surface area contributed by atoms with Gasteiger partial charge in [-0.1, -0.05) is 0 Å². The molecule has 1 aromatic carbocycles. The number of anilines is 2. The monoisotopic (exact) mass is 259 g/mol. The van der Waals surface area contributed by atoms with Gasteiger partial charge in [-0.15, -0.1) is 0 Å². The van der Waals surface area contributed by atoms with Crippen LogP contribution in [0.25, 0.3) is 0 Å². The second-order valence-corrected chi connectivity index (χ2v) is 5.26. The van der Waals surface area contributed by atoms with Crippen LogP contribution in [0.4, 0.5) is 11.4 Å². The average molecular weight is 259 g/mol. The SMILES string of the molecule is COC(C)CNc1ccc(N)cc1S(N)(=O)=O. The Kier molecular flexibility index (Phi) is 4.33. The zero-order valence-corrected chi connectivity index (χ0v) is 10.6. The lowest BCUT2D eigenvalue weighted by molar-refractivity contribution is 0.128. The number of primary sulfonamides is 1. The van der Waals surface area contributed by atoms with Crippen molar-refractivity contribution in [1.29, 1.82) is 0 Å². The number of nitrogen functional groups attached to an aromatic ring is 1. The first-order valence-corrected chi connectivity index (χ1v) is 6.58. The summed E-state index contributed by atoms with van der Waals surface area (Å²) >= 11 is 0. The number of hydrogen-bond acceptors (Lipinski definition) is 5. The van der Waals surface area contributed by atoms with E-state index in [1.54, 1.807) is 19.2 Å². The lowest BCUT2D eigenvalue weighted by atomic mass is 10.2. The van der Waals surface area contributed by atoms with E-state index in [0.29, 0.717) is 17.9 Å². The number of methoxy groups -OCH3 is 1. The van der Waals surface area contributed by atoms with Gasteiger partial charge in [0.15, 0.2) is 0 Å². The molecular weight excluding hydrogens is 242 g/mol. The highest BCUT2D eigenvalue weighted by Crippen LogP contribution is 2.22. The van der Waals surface area contributed by atoms with Crippen LogP contribution < -0.4 is 16.2 Å². The summed E-state index contributed by atoms with van der Waals surface area (Å²) in [4.78, 5) is -0.0131. The Morgan fingerprint density at radius 1 is 1.47 bits per heavy atom. The molecule has 1 unspecified atom stereocenters. The van der Waals surface area contributed by atoms with Crippen LogP contribution in [0.2, 0.25) is 0 Å². The van der Waals surface area contributed by atoms with E-state index >= 15 is 0 Å². The zero-order chi connectivity index (χ0) is 13.1. The lowest BCUT2D eigenvalue weighted by Gasteiger charge is -2.14. The Bertz CT molecular complexity index is 488. The molecule has 0 aromatic heterocycles. The summed E-state index contributed by atoms with van der Waals surface area (Å²) in [5, 5.41) is 8.07. The van der Waals surface area contributed by atoms with Crippen LogP contribution in [-0.2, 0) is 14.8 Å². The summed E-state index contributed by atoms with van der Waals surface area (Å²) in [5.41, 5.74) is 6.30. The Morgan fingerprint density at radius 2 is 2.12 bits per heavy atom. The maximum atomic E-state index is 11.4. The second-order valence-electron chi connectivity index (χ2n) is 3.73. The van der Waals surface area contributed by atoms with Gasteiger partial charge in [-0.25, -0.2) is 13.6 Å². The minimum atomic E-state index is -3.79. The Balaban J connectivity index is 3.00. The smallest absolute Gasteiger partial charge is 0.240 e. The van der Waals surface area contributed by atoms with Gasteiger partial charge in [-0.2, -0.15) is 0 Å². The summed E-state index contributed by atoms with van der Waals surface area (Å²) in [7, 11) is -2.21. The molecule has 1 rings (SSSR count). The fourth-order valence-corrected chi connectivity index (χ4v) is 2.00. The quantitative estimate of drug-likeness (QED) is 0.662. The van der Waals surface area contributed by atoms with Gasteiger partial charge in [-0.05, 0) is 25.1 Å². The third kappa shape index (κ3) is 3.88. The molecule has 0 saturated heterocycles. The molecule has 0 spiro atoms. The predicted octanol–water partition coefficient (Wildman–Crippen LogP) is 0.363. The van der Waals surface area contributed by atoms with Crippen molar-refractivity contribution in [2.45, 2.75) is 17.9 Å². The molecule has 17 heavy (non-hydrogen) atoms. The molecule has 0 heterocycles. The third-order valence-corrected chi connectivity index (χ3v) is 3.25. The molecule has 5 N–H and O–H groups in total. The van der Waals surface area contributed by atoms with Crippen LogP contribution in [0.5, 0.6) is 0 Å². The predicted molar refractivity (Wildman–Crippen MR) is 67.2 cm³/mol. The van der Waals surface area contributed by atoms with Crippen LogP contribution in [0, 0.1) is 0 Å². The Morgan fingerprint density at radius 3 is 2.65 bits per heavy atom. The molecule has 1 aromatic rings. The molecule has 96 valence electrons. The highest BCUT2D eigenvalue weighted by atomic mass is 32.2. The van der Waals surface area contributed by atoms with Crippen LogP contribution in [0.1, 0.15) is 6.92 Å². The van der Waals surface area contributed by atoms with Crippen LogP contribution >= 0.6 is 0 Å². The normalized spacial score (nSPS) is 13.4. The standard InChI is InChI=1S/C10H17N3O3S/c1-7(16-2)6-13-9-4-3-8(11)5-10(9)17(12,14)15/h3-5,7,13H,6,11H2,1-2H3,(H2,12,14,15). The van der Waals surface area contributed by atoms with Gasteiger partial charge in [0.05, 0.1) is 11.8 Å². The minimum Gasteiger partial charge on any atom is -0.399 e. The topological polar surface area (TPSA) is 107 Å². The molecule has 0 aliphatic carbocycles. The largest absolute Gasteiger partial charge is 0.399 e. The van der Waals surface area contributed by atoms with Crippen LogP contribution in [0.3, 0.4) is 0 Å². The van der Waals surface area contributed by atoms with E-state index in [1.807, 2.05) is 6.92 Å². The van der Waals surface area contributed by atoms with Gasteiger partial charge in [0.2, 0.25) is 10.0 Å². The van der Waals surface area contributed by atoms with Crippen molar-refractivity contribution in [3.63, 3.8) is 0 Å². The van der Waals surface area contributed by atoms with E-state index in [1.165, 1.54) is 6.07 Å². The van der Waals surface area contributed by atoms with Crippen molar-refractivity contribution >= 4 is 21.4 Å². The van der Waals surface area contributed by atoms with Crippen molar-refractivity contribution in [2.75, 3.05) is 24.7 Å². The first kappa shape index (κ1) is 13.8. The fourth-order valence-electron chi connectivity index (χ4n) is 1.26. The maximum Gasteiger partial charge on any atom is 0.240 e. The molecule has 1 atom stereocenters. The molecule has 0 saturated carbocycles. The Labute approximate surface area is 101 Å². The average Bonchev–Trinajstić information content (AvgIpc) is 2.25. The van der Waals surface area contributed by atoms with Crippen molar-refractivity contribution in [3.8, 4) is 0 Å².